The van der Waals surface area contributed by atoms with Gasteiger partial charge in [0.05, 0.1) is 11.0 Å². The predicted molar refractivity (Wildman–Crippen MR) is 156 cm³/mol. The maximum atomic E-state index is 12.9. The third-order valence-electron chi connectivity index (χ3n) is 6.50. The molecule has 1 aromatic heterocycles. The fourth-order valence-electron chi connectivity index (χ4n) is 4.70. The highest BCUT2D eigenvalue weighted by atomic mass is 32.2. The lowest BCUT2D eigenvalue weighted by Gasteiger charge is -2.30. The first kappa shape index (κ1) is 27.5. The average Bonchev–Trinajstić information content (AvgIpc) is 3.25. The summed E-state index contributed by atoms with van der Waals surface area (Å²) in [6.07, 6.45) is 1.16. The number of aliphatic carboxylic acids is 1. The molecule has 4 rings (SSSR count). The topological polar surface area (TPSA) is 75.4 Å². The molecule has 38 heavy (non-hydrogen) atoms. The minimum atomic E-state index is -0.875. The SMILES string of the molecule is CCC(=O)N(CCCSc1nc2ccccc2n1C(C(=O)O)C(C)(C)C)c1cccc(-c2ccccc2)c1. The van der Waals surface area contributed by atoms with Crippen molar-refractivity contribution in [3.8, 4) is 11.1 Å². The number of para-hydroxylation sites is 2. The van der Waals surface area contributed by atoms with Crippen molar-refractivity contribution in [1.29, 1.82) is 0 Å². The van der Waals surface area contributed by atoms with Gasteiger partial charge in [0, 0.05) is 24.4 Å². The zero-order valence-corrected chi connectivity index (χ0v) is 23.2. The molecule has 7 heteroatoms. The van der Waals surface area contributed by atoms with E-state index in [9.17, 15) is 14.7 Å². The number of rotatable bonds is 10. The van der Waals surface area contributed by atoms with Gasteiger partial charge in [-0.25, -0.2) is 9.78 Å². The number of carboxylic acid groups (broad SMARTS) is 1. The largest absolute Gasteiger partial charge is 0.480 e. The minimum absolute atomic E-state index is 0.0751. The molecule has 1 N–H and O–H groups in total. The lowest BCUT2D eigenvalue weighted by molar-refractivity contribution is -0.144. The van der Waals surface area contributed by atoms with Crippen molar-refractivity contribution in [3.05, 3.63) is 78.9 Å². The summed E-state index contributed by atoms with van der Waals surface area (Å²) < 4.78 is 1.86. The molecule has 0 radical (unpaired) electrons. The molecule has 198 valence electrons. The normalized spacial score (nSPS) is 12.4. The average molecular weight is 530 g/mol. The molecule has 6 nitrogen and oxygen atoms in total. The van der Waals surface area contributed by atoms with E-state index in [-0.39, 0.29) is 5.91 Å². The van der Waals surface area contributed by atoms with Crippen LogP contribution in [0.3, 0.4) is 0 Å². The summed E-state index contributed by atoms with van der Waals surface area (Å²) >= 11 is 1.54. The first-order valence-electron chi connectivity index (χ1n) is 13.0. The van der Waals surface area contributed by atoms with E-state index in [4.69, 9.17) is 4.98 Å². The lowest BCUT2D eigenvalue weighted by Crippen LogP contribution is -2.32. The minimum Gasteiger partial charge on any atom is -0.480 e. The van der Waals surface area contributed by atoms with Crippen LogP contribution in [0.25, 0.3) is 22.2 Å². The van der Waals surface area contributed by atoms with Gasteiger partial charge in [-0.3, -0.25) is 4.79 Å². The van der Waals surface area contributed by atoms with Crippen LogP contribution in [-0.4, -0.2) is 38.8 Å². The van der Waals surface area contributed by atoms with E-state index in [2.05, 4.69) is 24.3 Å². The number of benzene rings is 3. The molecular weight excluding hydrogens is 494 g/mol. The smallest absolute Gasteiger partial charge is 0.327 e. The number of carbonyl (C=O) groups excluding carboxylic acids is 1. The van der Waals surface area contributed by atoms with E-state index in [0.717, 1.165) is 34.3 Å². The van der Waals surface area contributed by atoms with Crippen LogP contribution in [0.1, 0.15) is 46.6 Å². The van der Waals surface area contributed by atoms with Crippen LogP contribution in [0.5, 0.6) is 0 Å². The number of imidazole rings is 1. The Morgan fingerprint density at radius 2 is 1.66 bits per heavy atom. The quantitative estimate of drug-likeness (QED) is 0.172. The summed E-state index contributed by atoms with van der Waals surface area (Å²) in [5.41, 5.74) is 4.16. The molecule has 3 aromatic carbocycles. The summed E-state index contributed by atoms with van der Waals surface area (Å²) in [7, 11) is 0. The van der Waals surface area contributed by atoms with Crippen LogP contribution in [0, 0.1) is 5.41 Å². The number of thioether (sulfide) groups is 1. The second kappa shape index (κ2) is 11.9. The first-order chi connectivity index (χ1) is 18.2. The summed E-state index contributed by atoms with van der Waals surface area (Å²) in [5.74, 6) is -0.0993. The highest BCUT2D eigenvalue weighted by Crippen LogP contribution is 2.37. The van der Waals surface area contributed by atoms with E-state index in [1.165, 1.54) is 0 Å². The summed E-state index contributed by atoms with van der Waals surface area (Å²) in [4.78, 5) is 31.9. The van der Waals surface area contributed by atoms with Crippen molar-refractivity contribution < 1.29 is 14.7 Å². The molecule has 0 aliphatic heterocycles. The van der Waals surface area contributed by atoms with E-state index < -0.39 is 17.4 Å². The fourth-order valence-corrected chi connectivity index (χ4v) is 5.66. The van der Waals surface area contributed by atoms with Crippen LogP contribution in [-0.2, 0) is 9.59 Å². The van der Waals surface area contributed by atoms with Gasteiger partial charge >= 0.3 is 5.97 Å². The lowest BCUT2D eigenvalue weighted by atomic mass is 9.86. The third-order valence-corrected chi connectivity index (χ3v) is 7.54. The van der Waals surface area contributed by atoms with Gasteiger partial charge in [-0.05, 0) is 47.2 Å². The van der Waals surface area contributed by atoms with Crippen molar-refractivity contribution in [2.24, 2.45) is 5.41 Å². The van der Waals surface area contributed by atoms with Gasteiger partial charge < -0.3 is 14.6 Å². The van der Waals surface area contributed by atoms with Crippen molar-refractivity contribution >= 4 is 40.4 Å². The van der Waals surface area contributed by atoms with Crippen molar-refractivity contribution in [3.63, 3.8) is 0 Å². The Morgan fingerprint density at radius 3 is 2.34 bits per heavy atom. The highest BCUT2D eigenvalue weighted by Gasteiger charge is 2.35. The Hall–Kier alpha value is -3.58. The van der Waals surface area contributed by atoms with Gasteiger partial charge in [-0.2, -0.15) is 0 Å². The molecule has 0 saturated heterocycles. The fraction of sp³-hybridized carbons (Fsp3) is 0.323. The molecule has 1 heterocycles. The zero-order chi connectivity index (χ0) is 27.3. The Kier molecular flexibility index (Phi) is 8.57. The Balaban J connectivity index is 1.53. The van der Waals surface area contributed by atoms with Gasteiger partial charge in [0.25, 0.3) is 0 Å². The predicted octanol–water partition coefficient (Wildman–Crippen LogP) is 7.30. The van der Waals surface area contributed by atoms with Gasteiger partial charge in [0.1, 0.15) is 6.04 Å². The molecule has 0 fully saturated rings. The van der Waals surface area contributed by atoms with Crippen LogP contribution >= 0.6 is 11.8 Å². The van der Waals surface area contributed by atoms with E-state index in [1.54, 1.807) is 11.8 Å². The second-order valence-corrected chi connectivity index (χ2v) is 11.4. The van der Waals surface area contributed by atoms with Gasteiger partial charge in [0.15, 0.2) is 5.16 Å². The first-order valence-corrected chi connectivity index (χ1v) is 14.0. The van der Waals surface area contributed by atoms with E-state index in [1.807, 2.05) is 91.8 Å². The number of carbonyl (C=O) groups is 2. The molecule has 1 unspecified atom stereocenters. The standard InChI is InChI=1S/C31H35N3O3S/c1-5-27(35)33(24-16-11-15-23(21-24)22-13-7-6-8-14-22)19-12-20-38-30-32-25-17-9-10-18-26(25)34(30)28(29(36)37)31(2,3)4/h6-11,13-18,21,28H,5,12,19-20H2,1-4H3,(H,36,37). The van der Waals surface area contributed by atoms with Crippen LogP contribution in [0.2, 0.25) is 0 Å². The number of amides is 1. The molecule has 4 aromatic rings. The van der Waals surface area contributed by atoms with Gasteiger partial charge in [-0.15, -0.1) is 0 Å². The number of hydrogen-bond donors (Lipinski definition) is 1. The van der Waals surface area contributed by atoms with E-state index >= 15 is 0 Å². The molecule has 0 aliphatic rings. The molecule has 0 spiro atoms. The van der Waals surface area contributed by atoms with Crippen LogP contribution < -0.4 is 4.90 Å². The number of anilines is 1. The molecule has 0 bridgehead atoms. The Labute approximate surface area is 228 Å². The number of carboxylic acids is 1. The number of nitrogens with zero attached hydrogens (tertiary/aromatic N) is 3. The second-order valence-electron chi connectivity index (χ2n) is 10.4. The maximum Gasteiger partial charge on any atom is 0.327 e. The third kappa shape index (κ3) is 6.10. The number of hydrogen-bond acceptors (Lipinski definition) is 4. The number of aromatic nitrogens is 2. The van der Waals surface area contributed by atoms with Crippen LogP contribution in [0.4, 0.5) is 5.69 Å². The molecule has 0 aliphatic carbocycles. The van der Waals surface area contributed by atoms with Crippen molar-refractivity contribution in [2.45, 2.75) is 51.7 Å². The summed E-state index contributed by atoms with van der Waals surface area (Å²) in [6, 6.07) is 25.1. The van der Waals surface area contributed by atoms with Gasteiger partial charge in [-0.1, -0.05) is 94.1 Å². The van der Waals surface area contributed by atoms with E-state index in [0.29, 0.717) is 23.9 Å². The van der Waals surface area contributed by atoms with Gasteiger partial charge in [0.2, 0.25) is 5.91 Å². The number of fused-ring (bicyclic) bond motifs is 1. The highest BCUT2D eigenvalue weighted by molar-refractivity contribution is 7.99. The molecular formula is C31H35N3O3S. The Morgan fingerprint density at radius 1 is 0.974 bits per heavy atom. The molecule has 0 saturated carbocycles. The zero-order valence-electron chi connectivity index (χ0n) is 22.4. The monoisotopic (exact) mass is 529 g/mol. The summed E-state index contributed by atoms with van der Waals surface area (Å²) in [6.45, 7) is 8.26. The molecule has 1 atom stereocenters. The Bertz CT molecular complexity index is 1410. The maximum absolute atomic E-state index is 12.9. The van der Waals surface area contributed by atoms with Crippen LogP contribution in [0.15, 0.2) is 84.0 Å². The molecule has 1 amide bonds. The van der Waals surface area contributed by atoms with Crippen molar-refractivity contribution in [2.75, 3.05) is 17.2 Å². The van der Waals surface area contributed by atoms with Crippen molar-refractivity contribution in [1.82, 2.24) is 9.55 Å². The summed E-state index contributed by atoms with van der Waals surface area (Å²) in [5, 5.41) is 10.8.